The van der Waals surface area contributed by atoms with Crippen molar-refractivity contribution < 1.29 is 0 Å². The fourth-order valence-electron chi connectivity index (χ4n) is 4.36. The quantitative estimate of drug-likeness (QED) is 0.633. The third kappa shape index (κ3) is 3.16. The van der Waals surface area contributed by atoms with Crippen molar-refractivity contribution in [1.29, 1.82) is 0 Å². The normalized spacial score (nSPS) is 23.3. The van der Waals surface area contributed by atoms with Gasteiger partial charge in [0.15, 0.2) is 5.65 Å². The average molecular weight is 368 g/mol. The molecule has 3 aromatic rings. The highest BCUT2D eigenvalue weighted by Gasteiger charge is 2.34. The Morgan fingerprint density at radius 2 is 1.92 bits per heavy atom. The molecule has 5 nitrogen and oxygen atoms in total. The van der Waals surface area contributed by atoms with Gasteiger partial charge in [-0.05, 0) is 55.2 Å². The van der Waals surface area contributed by atoms with Crippen molar-refractivity contribution >= 4 is 28.6 Å². The molecule has 0 amide bonds. The number of fused-ring (bicyclic) bond motifs is 1. The monoisotopic (exact) mass is 367 g/mol. The van der Waals surface area contributed by atoms with E-state index < -0.39 is 0 Å². The Morgan fingerprint density at radius 1 is 1.04 bits per heavy atom. The van der Waals surface area contributed by atoms with Gasteiger partial charge in [-0.1, -0.05) is 24.4 Å². The first kappa shape index (κ1) is 16.1. The molecule has 2 fully saturated rings. The predicted octanol–water partition coefficient (Wildman–Crippen LogP) is 5.05. The molecule has 134 valence electrons. The van der Waals surface area contributed by atoms with Gasteiger partial charge in [-0.25, -0.2) is 9.97 Å². The van der Waals surface area contributed by atoms with Gasteiger partial charge in [0, 0.05) is 30.2 Å². The molecule has 2 unspecified atom stereocenters. The summed E-state index contributed by atoms with van der Waals surface area (Å²) in [5, 5.41) is 4.14. The molecule has 2 aliphatic rings. The highest BCUT2D eigenvalue weighted by molar-refractivity contribution is 6.29. The largest absolute Gasteiger partial charge is 0.367 e. The smallest absolute Gasteiger partial charge is 0.156 e. The number of nitrogens with zero attached hydrogens (tertiary/aromatic N) is 3. The Morgan fingerprint density at radius 3 is 2.81 bits per heavy atom. The van der Waals surface area contributed by atoms with E-state index in [0.717, 1.165) is 39.9 Å². The Bertz CT molecular complexity index is 933. The number of aromatic amines is 1. The van der Waals surface area contributed by atoms with Gasteiger partial charge in [-0.15, -0.1) is 0 Å². The molecule has 6 heteroatoms. The molecule has 0 aliphatic heterocycles. The molecule has 2 saturated carbocycles. The second kappa shape index (κ2) is 6.54. The lowest BCUT2D eigenvalue weighted by molar-refractivity contribution is 0.303. The number of hydrogen-bond acceptors (Lipinski definition) is 4. The summed E-state index contributed by atoms with van der Waals surface area (Å²) in [5.74, 6) is 2.73. The van der Waals surface area contributed by atoms with E-state index in [1.807, 2.05) is 12.3 Å². The first-order chi connectivity index (χ1) is 12.8. The van der Waals surface area contributed by atoms with E-state index in [9.17, 15) is 0 Å². The third-order valence-corrected chi connectivity index (χ3v) is 5.96. The lowest BCUT2D eigenvalue weighted by atomic mass is 9.83. The summed E-state index contributed by atoms with van der Waals surface area (Å²) in [6.07, 6.45) is 13.4. The molecule has 0 spiro atoms. The summed E-state index contributed by atoms with van der Waals surface area (Å²) in [6, 6.07) is 4.46. The molecule has 3 heterocycles. The Labute approximate surface area is 157 Å². The van der Waals surface area contributed by atoms with E-state index in [2.05, 4.69) is 31.3 Å². The topological polar surface area (TPSA) is 66.5 Å². The molecule has 26 heavy (non-hydrogen) atoms. The fourth-order valence-corrected chi connectivity index (χ4v) is 4.57. The molecule has 0 bridgehead atoms. The van der Waals surface area contributed by atoms with Crippen molar-refractivity contribution in [3.05, 3.63) is 35.9 Å². The van der Waals surface area contributed by atoms with Crippen LogP contribution in [0.2, 0.25) is 5.15 Å². The first-order valence-corrected chi connectivity index (χ1v) is 9.86. The number of halogens is 1. The van der Waals surface area contributed by atoms with Crippen LogP contribution in [0.25, 0.3) is 22.3 Å². The summed E-state index contributed by atoms with van der Waals surface area (Å²) >= 11 is 6.33. The van der Waals surface area contributed by atoms with Gasteiger partial charge in [0.2, 0.25) is 0 Å². The zero-order chi connectivity index (χ0) is 17.5. The van der Waals surface area contributed by atoms with Gasteiger partial charge >= 0.3 is 0 Å². The zero-order valence-electron chi connectivity index (χ0n) is 14.6. The van der Waals surface area contributed by atoms with Crippen LogP contribution in [0.5, 0.6) is 0 Å². The molecule has 3 aromatic heterocycles. The molecule has 2 aliphatic carbocycles. The first-order valence-electron chi connectivity index (χ1n) is 9.49. The molecular formula is C20H22ClN5. The van der Waals surface area contributed by atoms with E-state index in [-0.39, 0.29) is 0 Å². The third-order valence-electron chi connectivity index (χ3n) is 5.77. The van der Waals surface area contributed by atoms with Gasteiger partial charge < -0.3 is 10.3 Å². The molecule has 0 aromatic carbocycles. The van der Waals surface area contributed by atoms with Crippen LogP contribution in [-0.4, -0.2) is 26.0 Å². The van der Waals surface area contributed by atoms with Gasteiger partial charge in [-0.3, -0.25) is 4.98 Å². The Balaban J connectivity index is 1.41. The molecule has 5 rings (SSSR count). The van der Waals surface area contributed by atoms with Gasteiger partial charge in [-0.2, -0.15) is 0 Å². The predicted molar refractivity (Wildman–Crippen MR) is 104 cm³/mol. The summed E-state index contributed by atoms with van der Waals surface area (Å²) < 4.78 is 0. The zero-order valence-corrected chi connectivity index (χ0v) is 15.3. The lowest BCUT2D eigenvalue weighted by Gasteiger charge is -2.30. The number of pyridine rings is 1. The van der Waals surface area contributed by atoms with E-state index in [1.54, 1.807) is 12.4 Å². The van der Waals surface area contributed by atoms with Crippen LogP contribution in [0.4, 0.5) is 5.82 Å². The Hall–Kier alpha value is -2.14. The van der Waals surface area contributed by atoms with E-state index in [0.29, 0.717) is 11.2 Å². The van der Waals surface area contributed by atoms with Crippen molar-refractivity contribution in [2.45, 2.75) is 44.6 Å². The van der Waals surface area contributed by atoms with Crippen LogP contribution < -0.4 is 5.32 Å². The van der Waals surface area contributed by atoms with Gasteiger partial charge in [0.1, 0.15) is 16.5 Å². The minimum Gasteiger partial charge on any atom is -0.367 e. The summed E-state index contributed by atoms with van der Waals surface area (Å²) in [5.41, 5.74) is 3.64. The Kier molecular flexibility index (Phi) is 4.04. The standard InChI is InChI=1S/C20H22ClN5/c21-17-9-14(16-11-24-20-19(16)22-6-7-23-20)10-18(26-17)25-15-3-1-2-13(8-15)12-4-5-12/h6-7,9-13,15H,1-5,8H2,(H,23,24)(H,25,26). The van der Waals surface area contributed by atoms with Crippen molar-refractivity contribution in [1.82, 2.24) is 19.9 Å². The van der Waals surface area contributed by atoms with E-state index in [1.165, 1.54) is 38.5 Å². The minimum atomic E-state index is 0.496. The number of anilines is 1. The molecular weight excluding hydrogens is 346 g/mol. The SMILES string of the molecule is Clc1cc(-c2c[nH]c3nccnc23)cc(NC2CCCC(C3CC3)C2)n1. The maximum atomic E-state index is 6.33. The lowest BCUT2D eigenvalue weighted by Crippen LogP contribution is -2.28. The maximum Gasteiger partial charge on any atom is 0.156 e. The van der Waals surface area contributed by atoms with E-state index in [4.69, 9.17) is 11.6 Å². The fraction of sp³-hybridized carbons (Fsp3) is 0.450. The second-order valence-corrected chi connectivity index (χ2v) is 8.01. The number of hydrogen-bond donors (Lipinski definition) is 2. The van der Waals surface area contributed by atoms with Crippen molar-refractivity contribution in [3.63, 3.8) is 0 Å². The van der Waals surface area contributed by atoms with Crippen LogP contribution in [0.3, 0.4) is 0 Å². The molecule has 2 N–H and O–H groups in total. The maximum absolute atomic E-state index is 6.33. The van der Waals surface area contributed by atoms with Crippen LogP contribution in [-0.2, 0) is 0 Å². The van der Waals surface area contributed by atoms with Crippen LogP contribution >= 0.6 is 11.6 Å². The van der Waals surface area contributed by atoms with Crippen LogP contribution in [0.15, 0.2) is 30.7 Å². The summed E-state index contributed by atoms with van der Waals surface area (Å²) in [7, 11) is 0. The van der Waals surface area contributed by atoms with Crippen molar-refractivity contribution in [2.24, 2.45) is 11.8 Å². The molecule has 0 saturated heterocycles. The summed E-state index contributed by atoms with van der Waals surface area (Å²) in [4.78, 5) is 16.5. The highest BCUT2D eigenvalue weighted by Crippen LogP contribution is 2.44. The van der Waals surface area contributed by atoms with Gasteiger partial charge in [0.25, 0.3) is 0 Å². The summed E-state index contributed by atoms with van der Waals surface area (Å²) in [6.45, 7) is 0. The minimum absolute atomic E-state index is 0.496. The molecule has 0 radical (unpaired) electrons. The number of aromatic nitrogens is 4. The number of nitrogens with one attached hydrogen (secondary N) is 2. The average Bonchev–Trinajstić information content (AvgIpc) is 3.41. The van der Waals surface area contributed by atoms with Crippen LogP contribution in [0.1, 0.15) is 38.5 Å². The highest BCUT2D eigenvalue weighted by atomic mass is 35.5. The number of rotatable bonds is 4. The van der Waals surface area contributed by atoms with E-state index >= 15 is 0 Å². The molecule has 2 atom stereocenters. The van der Waals surface area contributed by atoms with Crippen molar-refractivity contribution in [3.8, 4) is 11.1 Å². The second-order valence-electron chi connectivity index (χ2n) is 7.63. The van der Waals surface area contributed by atoms with Crippen molar-refractivity contribution in [2.75, 3.05) is 5.32 Å². The van der Waals surface area contributed by atoms with Crippen LogP contribution in [0, 0.1) is 11.8 Å². The number of H-pyrrole nitrogens is 1. The van der Waals surface area contributed by atoms with Gasteiger partial charge in [0.05, 0.1) is 0 Å².